The third-order valence-corrected chi connectivity index (χ3v) is 6.60. The topological polar surface area (TPSA) is 140 Å². The maximum Gasteiger partial charge on any atom is 0.327 e. The molecule has 30 heavy (non-hydrogen) atoms. The van der Waals surface area contributed by atoms with Crippen LogP contribution in [0.15, 0.2) is 23.3 Å². The molecule has 0 fully saturated rings. The van der Waals surface area contributed by atoms with Gasteiger partial charge in [-0.1, -0.05) is 60.6 Å². The van der Waals surface area contributed by atoms with E-state index in [1.54, 1.807) is 0 Å². The molecule has 0 aromatic rings. The molecule has 0 aromatic heterocycles. The summed E-state index contributed by atoms with van der Waals surface area (Å²) >= 11 is 0. The summed E-state index contributed by atoms with van der Waals surface area (Å²) in [6, 6.07) is 0. The molecule has 0 heterocycles. The van der Waals surface area contributed by atoms with Crippen molar-refractivity contribution in [3.05, 3.63) is 23.3 Å². The Morgan fingerprint density at radius 3 is 1.80 bits per heavy atom. The number of hydrogen-bond donors (Lipinski definition) is 6. The Balaban J connectivity index is 3.96. The first-order valence-electron chi connectivity index (χ1n) is 9.95. The summed E-state index contributed by atoms with van der Waals surface area (Å²) in [4.78, 5) is 38.6. The molecule has 0 spiro atoms. The molecule has 0 bridgehead atoms. The minimum atomic E-state index is -2.89. The molecule has 0 saturated carbocycles. The van der Waals surface area contributed by atoms with Crippen molar-refractivity contribution in [3.63, 3.8) is 0 Å². The molecule has 1 aliphatic rings. The summed E-state index contributed by atoms with van der Waals surface area (Å²) in [6.07, 6.45) is 4.42. The lowest BCUT2D eigenvalue weighted by Crippen LogP contribution is -2.63. The van der Waals surface area contributed by atoms with Crippen LogP contribution in [-0.4, -0.2) is 55.2 Å². The molecule has 1 rings (SSSR count). The fourth-order valence-electron chi connectivity index (χ4n) is 4.18. The molecular formula is C20H38O8P2. The number of allylic oxidation sites excluding steroid dienone is 2. The standard InChI is InChI=1S/C20H38O8P2/c1-8-14-9-15(17(2,3)4)10-16(18(5,6)7)20(14,28-30(25)26)19(11-21,12-22)13-27-29(23)24/h9-10,14,21-26H,8,11-13H2,1-7H3. The van der Waals surface area contributed by atoms with Crippen LogP contribution in [0.25, 0.3) is 0 Å². The van der Waals surface area contributed by atoms with Crippen molar-refractivity contribution in [2.24, 2.45) is 22.2 Å². The Labute approximate surface area is 182 Å². The smallest absolute Gasteiger partial charge is 0.327 e. The van der Waals surface area contributed by atoms with Crippen molar-refractivity contribution >= 4 is 17.2 Å². The van der Waals surface area contributed by atoms with E-state index in [4.69, 9.17) is 9.05 Å². The Morgan fingerprint density at radius 1 is 0.933 bits per heavy atom. The van der Waals surface area contributed by atoms with E-state index in [2.05, 4.69) is 20.8 Å². The maximum absolute atomic E-state index is 10.5. The van der Waals surface area contributed by atoms with Crippen LogP contribution in [0, 0.1) is 22.2 Å². The summed E-state index contributed by atoms with van der Waals surface area (Å²) in [7, 11) is -5.65. The number of aliphatic hydroxyl groups is 2. The molecule has 8 nitrogen and oxygen atoms in total. The molecule has 6 N–H and O–H groups in total. The summed E-state index contributed by atoms with van der Waals surface area (Å²) in [5.74, 6) is -0.457. The van der Waals surface area contributed by atoms with Crippen LogP contribution in [0.3, 0.4) is 0 Å². The highest BCUT2D eigenvalue weighted by Crippen LogP contribution is 2.60. The zero-order valence-electron chi connectivity index (χ0n) is 19.0. The van der Waals surface area contributed by atoms with E-state index in [0.717, 1.165) is 5.57 Å². The van der Waals surface area contributed by atoms with Crippen LogP contribution in [-0.2, 0) is 9.05 Å². The lowest BCUT2D eigenvalue weighted by atomic mass is 9.54. The van der Waals surface area contributed by atoms with Gasteiger partial charge < -0.3 is 34.3 Å². The van der Waals surface area contributed by atoms with Gasteiger partial charge in [-0.15, -0.1) is 0 Å². The quantitative estimate of drug-likeness (QED) is 0.284. The zero-order chi connectivity index (χ0) is 23.5. The molecular weight excluding hydrogens is 430 g/mol. The van der Waals surface area contributed by atoms with Crippen LogP contribution in [0.2, 0.25) is 0 Å². The fourth-order valence-corrected chi connectivity index (χ4v) is 5.22. The van der Waals surface area contributed by atoms with Crippen LogP contribution in [0.5, 0.6) is 0 Å². The van der Waals surface area contributed by atoms with Gasteiger partial charge in [0.05, 0.1) is 25.2 Å². The van der Waals surface area contributed by atoms with Crippen molar-refractivity contribution in [1.29, 1.82) is 0 Å². The van der Waals surface area contributed by atoms with E-state index >= 15 is 0 Å². The summed E-state index contributed by atoms with van der Waals surface area (Å²) < 4.78 is 10.9. The minimum Gasteiger partial charge on any atom is -0.395 e. The SMILES string of the molecule is CCC1C=C(C(C)(C)C)C=C(C(C)(C)C)C1(OP(O)O)C(CO)(CO)COP(O)O. The van der Waals surface area contributed by atoms with Gasteiger partial charge in [0, 0.05) is 5.92 Å². The molecule has 1 aliphatic carbocycles. The second kappa shape index (κ2) is 10.3. The van der Waals surface area contributed by atoms with E-state index in [1.807, 2.05) is 39.8 Å². The molecule has 0 aromatic carbocycles. The van der Waals surface area contributed by atoms with E-state index < -0.39 is 59.4 Å². The molecule has 2 atom stereocenters. The summed E-state index contributed by atoms with van der Waals surface area (Å²) in [6.45, 7) is 12.2. The molecule has 2 unspecified atom stereocenters. The number of aliphatic hydroxyl groups excluding tert-OH is 2. The number of rotatable bonds is 9. The van der Waals surface area contributed by atoms with Gasteiger partial charge in [0.25, 0.3) is 0 Å². The molecule has 0 aliphatic heterocycles. The highest BCUT2D eigenvalue weighted by atomic mass is 31.2. The van der Waals surface area contributed by atoms with Crippen LogP contribution >= 0.6 is 17.2 Å². The van der Waals surface area contributed by atoms with Gasteiger partial charge in [0.15, 0.2) is 0 Å². The highest BCUT2D eigenvalue weighted by molar-refractivity contribution is 7.39. The van der Waals surface area contributed by atoms with Crippen molar-refractivity contribution in [1.82, 2.24) is 0 Å². The first-order chi connectivity index (χ1) is 13.6. The van der Waals surface area contributed by atoms with Gasteiger partial charge in [0.1, 0.15) is 5.60 Å². The van der Waals surface area contributed by atoms with Gasteiger partial charge >= 0.3 is 17.2 Å². The van der Waals surface area contributed by atoms with Gasteiger partial charge in [0.2, 0.25) is 0 Å². The minimum absolute atomic E-state index is 0.207. The molecule has 176 valence electrons. The van der Waals surface area contributed by atoms with Crippen molar-refractivity contribution < 1.29 is 38.8 Å². The Bertz CT molecular complexity index is 630. The highest BCUT2D eigenvalue weighted by Gasteiger charge is 2.62. The van der Waals surface area contributed by atoms with Crippen molar-refractivity contribution in [2.45, 2.75) is 60.5 Å². The van der Waals surface area contributed by atoms with E-state index in [9.17, 15) is 29.8 Å². The second-order valence-electron chi connectivity index (χ2n) is 9.90. The molecule has 0 amide bonds. The van der Waals surface area contributed by atoms with E-state index in [0.29, 0.717) is 12.0 Å². The lowest BCUT2D eigenvalue weighted by Gasteiger charge is -2.57. The maximum atomic E-state index is 10.5. The van der Waals surface area contributed by atoms with Gasteiger partial charge in [-0.05, 0) is 28.4 Å². The Kier molecular flexibility index (Phi) is 9.64. The Hall–Kier alpha value is 0.0200. The molecule has 10 heteroatoms. The zero-order valence-corrected chi connectivity index (χ0v) is 20.7. The average Bonchev–Trinajstić information content (AvgIpc) is 2.60. The van der Waals surface area contributed by atoms with Crippen molar-refractivity contribution in [2.75, 3.05) is 19.8 Å². The molecule has 0 saturated heterocycles. The van der Waals surface area contributed by atoms with E-state index in [1.165, 1.54) is 0 Å². The van der Waals surface area contributed by atoms with Crippen LogP contribution < -0.4 is 0 Å². The third-order valence-electron chi connectivity index (χ3n) is 5.79. The summed E-state index contributed by atoms with van der Waals surface area (Å²) in [5, 5.41) is 20.9. The summed E-state index contributed by atoms with van der Waals surface area (Å²) in [5.41, 5.74) is -2.21. The Morgan fingerprint density at radius 2 is 1.47 bits per heavy atom. The monoisotopic (exact) mass is 468 g/mol. The van der Waals surface area contributed by atoms with Crippen LogP contribution in [0.4, 0.5) is 0 Å². The predicted octanol–water partition coefficient (Wildman–Crippen LogP) is 3.14. The largest absolute Gasteiger partial charge is 0.395 e. The average molecular weight is 468 g/mol. The first-order valence-corrected chi connectivity index (χ1v) is 12.3. The lowest BCUT2D eigenvalue weighted by molar-refractivity contribution is -0.145. The third kappa shape index (κ3) is 5.68. The van der Waals surface area contributed by atoms with Crippen LogP contribution in [0.1, 0.15) is 54.9 Å². The van der Waals surface area contributed by atoms with Gasteiger partial charge in [-0.25, -0.2) is 0 Å². The normalized spacial score (nSPS) is 23.8. The van der Waals surface area contributed by atoms with Gasteiger partial charge in [-0.2, -0.15) is 0 Å². The first kappa shape index (κ1) is 28.1. The predicted molar refractivity (Wildman–Crippen MR) is 118 cm³/mol. The second-order valence-corrected chi connectivity index (χ2v) is 11.3. The molecule has 0 radical (unpaired) electrons. The van der Waals surface area contributed by atoms with Gasteiger partial charge in [-0.3, -0.25) is 4.52 Å². The van der Waals surface area contributed by atoms with Crippen molar-refractivity contribution in [3.8, 4) is 0 Å². The fraction of sp³-hybridized carbons (Fsp3) is 0.800. The van der Waals surface area contributed by atoms with E-state index in [-0.39, 0.29) is 5.41 Å². The number of hydrogen-bond acceptors (Lipinski definition) is 8.